The number of aliphatic hydroxyl groups is 2. The van der Waals surface area contributed by atoms with Crippen molar-refractivity contribution in [2.75, 3.05) is 24.7 Å². The fraction of sp³-hybridized carbons (Fsp3) is 0.385. The molecule has 13 heteroatoms. The Balaban J connectivity index is 1.68. The van der Waals surface area contributed by atoms with E-state index >= 15 is 0 Å². The van der Waals surface area contributed by atoms with Crippen LogP contribution in [0.25, 0.3) is 11.1 Å². The molecular weight excluding hydrogens is 539 g/mol. The highest BCUT2D eigenvalue weighted by Crippen LogP contribution is 2.45. The Hall–Kier alpha value is -3.45. The van der Waals surface area contributed by atoms with Gasteiger partial charge in [0.15, 0.2) is 5.75 Å². The predicted molar refractivity (Wildman–Crippen MR) is 126 cm³/mol. The summed E-state index contributed by atoms with van der Waals surface area (Å²) >= 11 is 0. The Morgan fingerprint density at radius 1 is 1.05 bits per heavy atom. The lowest BCUT2D eigenvalue weighted by molar-refractivity contribution is -0.280. The highest BCUT2D eigenvalue weighted by Gasteiger charge is 2.45. The highest BCUT2D eigenvalue weighted by atomic mass is 19.4. The van der Waals surface area contributed by atoms with Gasteiger partial charge in [0, 0.05) is 18.0 Å². The second kappa shape index (κ2) is 11.3. The fourth-order valence-electron chi connectivity index (χ4n) is 4.52. The van der Waals surface area contributed by atoms with Crippen LogP contribution in [0.15, 0.2) is 66.5 Å². The first-order valence-corrected chi connectivity index (χ1v) is 11.8. The van der Waals surface area contributed by atoms with Gasteiger partial charge in [-0.2, -0.15) is 17.6 Å². The summed E-state index contributed by atoms with van der Waals surface area (Å²) in [7, 11) is 0. The van der Waals surface area contributed by atoms with Gasteiger partial charge in [-0.05, 0) is 42.3 Å². The van der Waals surface area contributed by atoms with Crippen molar-refractivity contribution in [3.05, 3.63) is 66.5 Å². The third-order valence-corrected chi connectivity index (χ3v) is 6.17. The smallest absolute Gasteiger partial charge is 0.489 e. The van der Waals surface area contributed by atoms with E-state index in [0.29, 0.717) is 23.2 Å². The lowest BCUT2D eigenvalue weighted by Crippen LogP contribution is -2.51. The van der Waals surface area contributed by atoms with E-state index < -0.39 is 55.1 Å². The number of hydrogen-bond acceptors (Lipinski definition) is 6. The van der Waals surface area contributed by atoms with Gasteiger partial charge in [0.25, 0.3) is 0 Å². The van der Waals surface area contributed by atoms with Crippen molar-refractivity contribution in [1.82, 2.24) is 0 Å². The Labute approximate surface area is 218 Å². The van der Waals surface area contributed by atoms with Crippen LogP contribution in [-0.2, 0) is 4.74 Å². The van der Waals surface area contributed by atoms with Gasteiger partial charge in [-0.25, -0.2) is 0 Å². The average molecular weight is 563 g/mol. The summed E-state index contributed by atoms with van der Waals surface area (Å²) in [4.78, 5) is 1.68. The minimum absolute atomic E-state index is 0.0611. The van der Waals surface area contributed by atoms with Gasteiger partial charge in [0.2, 0.25) is 0 Å². The largest absolute Gasteiger partial charge is 0.573 e. The van der Waals surface area contributed by atoms with Crippen molar-refractivity contribution < 1.29 is 55.2 Å². The van der Waals surface area contributed by atoms with Crippen LogP contribution in [-0.4, -0.2) is 61.0 Å². The molecule has 3 atom stereocenters. The van der Waals surface area contributed by atoms with E-state index in [9.17, 15) is 40.9 Å². The first-order chi connectivity index (χ1) is 18.4. The van der Waals surface area contributed by atoms with Crippen molar-refractivity contribution >= 4 is 5.69 Å². The summed E-state index contributed by atoms with van der Waals surface area (Å²) in [5.74, 6) is -1.20. The SMILES string of the molecule is OC[C@@H](O)CN1c2cccc(-c3cccc(OC(F)(F)F)c3)c2OC[C@@H]1C1C=C(OC(F)(F)C(F)F)C=CC1. The molecule has 0 radical (unpaired) electrons. The van der Waals surface area contributed by atoms with Gasteiger partial charge in [-0.3, -0.25) is 0 Å². The molecule has 1 unspecified atom stereocenters. The zero-order valence-corrected chi connectivity index (χ0v) is 20.1. The third kappa shape index (κ3) is 6.77. The lowest BCUT2D eigenvalue weighted by atomic mass is 9.89. The summed E-state index contributed by atoms with van der Waals surface area (Å²) in [5, 5.41) is 19.7. The molecule has 6 nitrogen and oxygen atoms in total. The van der Waals surface area contributed by atoms with Gasteiger partial charge in [0.05, 0.1) is 24.4 Å². The number of hydrogen-bond donors (Lipinski definition) is 2. The molecule has 4 rings (SSSR count). The van der Waals surface area contributed by atoms with Crippen LogP contribution in [0.5, 0.6) is 11.5 Å². The van der Waals surface area contributed by atoms with Crippen LogP contribution in [0.3, 0.4) is 0 Å². The minimum Gasteiger partial charge on any atom is -0.489 e. The zero-order chi connectivity index (χ0) is 28.4. The Kier molecular flexibility index (Phi) is 8.31. The number of fused-ring (bicyclic) bond motifs is 1. The molecule has 1 aliphatic carbocycles. The summed E-state index contributed by atoms with van der Waals surface area (Å²) in [6.45, 7) is -0.768. The zero-order valence-electron chi connectivity index (χ0n) is 20.1. The van der Waals surface area contributed by atoms with Crippen LogP contribution in [0.2, 0.25) is 0 Å². The van der Waals surface area contributed by atoms with Crippen LogP contribution in [0, 0.1) is 5.92 Å². The number of anilines is 1. The van der Waals surface area contributed by atoms with Gasteiger partial charge in [0.1, 0.15) is 18.1 Å². The standard InChI is InChI=1S/C26H24F7NO5/c27-24(28)25(29,30)38-18-6-2-5-16(11-18)22-14-37-23-20(8-3-9-21(23)34(22)12-17(36)13-35)15-4-1-7-19(10-15)39-26(31,32)33/h1-4,6-11,16-17,22,24,35-36H,5,12-14H2/t16?,17-,22+/m0/s1. The fourth-order valence-corrected chi connectivity index (χ4v) is 4.52. The molecule has 39 heavy (non-hydrogen) atoms. The van der Waals surface area contributed by atoms with Crippen molar-refractivity contribution in [2.24, 2.45) is 5.92 Å². The van der Waals surface area contributed by atoms with Crippen molar-refractivity contribution in [3.63, 3.8) is 0 Å². The third-order valence-electron chi connectivity index (χ3n) is 6.17. The molecular formula is C26H24F7NO5. The van der Waals surface area contributed by atoms with Gasteiger partial charge in [-0.15, -0.1) is 13.2 Å². The maximum absolute atomic E-state index is 13.5. The molecule has 0 amide bonds. The van der Waals surface area contributed by atoms with Gasteiger partial charge < -0.3 is 29.3 Å². The van der Waals surface area contributed by atoms with E-state index in [1.165, 1.54) is 24.3 Å². The second-order valence-corrected chi connectivity index (χ2v) is 8.93. The number of nitrogens with zero attached hydrogens (tertiary/aromatic N) is 1. The molecule has 2 aromatic rings. The number of β-amino-alcohol motifs (C(OH)–C–C–N with tert-alkyl or cyclic N) is 1. The molecule has 0 aromatic heterocycles. The van der Waals surface area contributed by atoms with E-state index in [0.717, 1.165) is 12.1 Å². The molecule has 212 valence electrons. The summed E-state index contributed by atoms with van der Waals surface area (Å²) < 4.78 is 105. The van der Waals surface area contributed by atoms with E-state index in [-0.39, 0.29) is 18.9 Å². The van der Waals surface area contributed by atoms with Crippen molar-refractivity contribution in [1.29, 1.82) is 0 Å². The first kappa shape index (κ1) is 28.6. The maximum atomic E-state index is 13.5. The van der Waals surface area contributed by atoms with E-state index in [4.69, 9.17) is 4.74 Å². The summed E-state index contributed by atoms with van der Waals surface area (Å²) in [6.07, 6.45) is -10.6. The van der Waals surface area contributed by atoms with Gasteiger partial charge in [-0.1, -0.05) is 30.3 Å². The number of halogens is 7. The van der Waals surface area contributed by atoms with E-state index in [2.05, 4.69) is 9.47 Å². The Morgan fingerprint density at radius 3 is 2.49 bits per heavy atom. The summed E-state index contributed by atoms with van der Waals surface area (Å²) in [6, 6.07) is 9.53. The molecule has 1 aliphatic heterocycles. The molecule has 0 saturated heterocycles. The number of alkyl halides is 7. The van der Waals surface area contributed by atoms with E-state index in [1.807, 2.05) is 0 Å². The molecule has 2 aromatic carbocycles. The van der Waals surface area contributed by atoms with E-state index in [1.54, 1.807) is 29.2 Å². The molecule has 0 bridgehead atoms. The molecule has 0 fully saturated rings. The Morgan fingerprint density at radius 2 is 1.79 bits per heavy atom. The normalized spacial score (nSPS) is 20.3. The van der Waals surface area contributed by atoms with Crippen LogP contribution in [0.1, 0.15) is 6.42 Å². The Bertz CT molecular complexity index is 1220. The minimum atomic E-state index is -4.89. The second-order valence-electron chi connectivity index (χ2n) is 8.93. The van der Waals surface area contributed by atoms with Gasteiger partial charge >= 0.3 is 18.9 Å². The number of ether oxygens (including phenoxy) is 3. The monoisotopic (exact) mass is 563 g/mol. The predicted octanol–water partition coefficient (Wildman–Crippen LogP) is 5.51. The molecule has 2 aliphatic rings. The first-order valence-electron chi connectivity index (χ1n) is 11.8. The van der Waals surface area contributed by atoms with Crippen molar-refractivity contribution in [3.8, 4) is 22.6 Å². The molecule has 1 heterocycles. The number of para-hydroxylation sites is 1. The lowest BCUT2D eigenvalue weighted by Gasteiger charge is -2.43. The topological polar surface area (TPSA) is 71.4 Å². The van der Waals surface area contributed by atoms with Crippen LogP contribution in [0.4, 0.5) is 36.4 Å². The maximum Gasteiger partial charge on any atom is 0.573 e. The number of allylic oxidation sites excluding steroid dienone is 2. The average Bonchev–Trinajstić information content (AvgIpc) is 2.87. The quantitative estimate of drug-likeness (QED) is 0.393. The molecule has 0 spiro atoms. The number of rotatable bonds is 9. The molecule has 2 N–H and O–H groups in total. The number of aliphatic hydroxyl groups excluding tert-OH is 2. The highest BCUT2D eigenvalue weighted by molar-refractivity contribution is 5.80. The summed E-state index contributed by atoms with van der Waals surface area (Å²) in [5.41, 5.74) is 1.18. The van der Waals surface area contributed by atoms with Crippen LogP contribution < -0.4 is 14.4 Å². The molecule has 0 saturated carbocycles. The van der Waals surface area contributed by atoms with Crippen molar-refractivity contribution in [2.45, 2.75) is 37.5 Å². The van der Waals surface area contributed by atoms with Crippen LogP contribution >= 0.6 is 0 Å². The number of benzene rings is 2.